The minimum absolute atomic E-state index is 0.0114. The molecule has 0 aromatic carbocycles. The van der Waals surface area contributed by atoms with Gasteiger partial charge in [-0.1, -0.05) is 11.6 Å². The van der Waals surface area contributed by atoms with Crippen LogP contribution in [0, 0.1) is 11.7 Å². The van der Waals surface area contributed by atoms with Crippen molar-refractivity contribution in [3.8, 4) is 0 Å². The Balaban J connectivity index is 2.10. The molecule has 0 aliphatic carbocycles. The first kappa shape index (κ1) is 16.5. The van der Waals surface area contributed by atoms with Gasteiger partial charge in [0.15, 0.2) is 11.6 Å². The summed E-state index contributed by atoms with van der Waals surface area (Å²) >= 11 is 5.78. The van der Waals surface area contributed by atoms with Crippen molar-refractivity contribution < 1.29 is 23.8 Å². The summed E-state index contributed by atoms with van der Waals surface area (Å²) in [6, 6.07) is 0.866. The first-order chi connectivity index (χ1) is 10.4. The van der Waals surface area contributed by atoms with Crippen molar-refractivity contribution in [2.75, 3.05) is 24.6 Å². The lowest BCUT2D eigenvalue weighted by atomic mass is 9.97. The fourth-order valence-corrected chi connectivity index (χ4v) is 2.63. The SMILES string of the molecule is CCOC(=O)C1CCN(c2nc(Cl)c(C(=O)O)cc2F)CC1. The van der Waals surface area contributed by atoms with Crippen LogP contribution in [-0.4, -0.2) is 41.7 Å². The molecule has 1 aromatic rings. The number of aromatic carboxylic acids is 1. The number of piperidine rings is 1. The number of carboxylic acid groups (broad SMARTS) is 1. The number of carbonyl (C=O) groups excluding carboxylic acids is 1. The van der Waals surface area contributed by atoms with Gasteiger partial charge < -0.3 is 14.7 Å². The van der Waals surface area contributed by atoms with Crippen LogP contribution in [0.2, 0.25) is 5.15 Å². The van der Waals surface area contributed by atoms with Crippen LogP contribution in [0.1, 0.15) is 30.1 Å². The number of aromatic nitrogens is 1. The molecule has 0 unspecified atom stereocenters. The van der Waals surface area contributed by atoms with Crippen LogP contribution in [-0.2, 0) is 9.53 Å². The molecule has 0 bridgehead atoms. The molecule has 1 aliphatic heterocycles. The van der Waals surface area contributed by atoms with Crippen LogP contribution in [0.5, 0.6) is 0 Å². The lowest BCUT2D eigenvalue weighted by molar-refractivity contribution is -0.148. The Labute approximate surface area is 131 Å². The van der Waals surface area contributed by atoms with Gasteiger partial charge in [-0.3, -0.25) is 4.79 Å². The van der Waals surface area contributed by atoms with E-state index in [1.54, 1.807) is 11.8 Å². The fraction of sp³-hybridized carbons (Fsp3) is 0.500. The average Bonchev–Trinajstić information content (AvgIpc) is 2.49. The quantitative estimate of drug-likeness (QED) is 0.674. The van der Waals surface area contributed by atoms with Gasteiger partial charge in [-0.2, -0.15) is 0 Å². The van der Waals surface area contributed by atoms with Gasteiger partial charge in [-0.15, -0.1) is 0 Å². The molecule has 22 heavy (non-hydrogen) atoms. The van der Waals surface area contributed by atoms with E-state index in [-0.39, 0.29) is 28.4 Å². The molecule has 0 spiro atoms. The van der Waals surface area contributed by atoms with Crippen LogP contribution in [0.3, 0.4) is 0 Å². The molecule has 8 heteroatoms. The number of hydrogen-bond donors (Lipinski definition) is 1. The molecule has 1 saturated heterocycles. The summed E-state index contributed by atoms with van der Waals surface area (Å²) in [7, 11) is 0. The molecule has 6 nitrogen and oxygen atoms in total. The van der Waals surface area contributed by atoms with Gasteiger partial charge >= 0.3 is 11.9 Å². The van der Waals surface area contributed by atoms with Crippen LogP contribution in [0.15, 0.2) is 6.07 Å². The van der Waals surface area contributed by atoms with Gasteiger partial charge in [0.25, 0.3) is 0 Å². The Kier molecular flexibility index (Phi) is 5.18. The molecular weight excluding hydrogens is 315 g/mol. The van der Waals surface area contributed by atoms with Gasteiger partial charge in [0, 0.05) is 13.1 Å². The van der Waals surface area contributed by atoms with E-state index in [9.17, 15) is 14.0 Å². The molecule has 2 rings (SSSR count). The van der Waals surface area contributed by atoms with E-state index < -0.39 is 11.8 Å². The second-order valence-corrected chi connectivity index (χ2v) is 5.31. The van der Waals surface area contributed by atoms with Gasteiger partial charge in [-0.25, -0.2) is 14.2 Å². The van der Waals surface area contributed by atoms with Crippen LogP contribution in [0.4, 0.5) is 10.2 Å². The normalized spacial score (nSPS) is 15.7. The highest BCUT2D eigenvalue weighted by molar-refractivity contribution is 6.32. The van der Waals surface area contributed by atoms with Crippen LogP contribution >= 0.6 is 11.6 Å². The molecule has 120 valence electrons. The second-order valence-electron chi connectivity index (χ2n) is 4.95. The minimum atomic E-state index is -1.33. The van der Waals surface area contributed by atoms with Crippen molar-refractivity contribution in [1.29, 1.82) is 0 Å². The molecule has 2 heterocycles. The number of ether oxygens (including phenoxy) is 1. The summed E-state index contributed by atoms with van der Waals surface area (Å²) in [5, 5.41) is 8.63. The van der Waals surface area contributed by atoms with Crippen molar-refractivity contribution in [2.24, 2.45) is 5.92 Å². The molecule has 1 aliphatic rings. The first-order valence-corrected chi connectivity index (χ1v) is 7.32. The van der Waals surface area contributed by atoms with Crippen LogP contribution in [0.25, 0.3) is 0 Å². The number of esters is 1. The number of nitrogens with zero attached hydrogens (tertiary/aromatic N) is 2. The van der Waals surface area contributed by atoms with Crippen LogP contribution < -0.4 is 4.90 Å². The van der Waals surface area contributed by atoms with E-state index >= 15 is 0 Å². The largest absolute Gasteiger partial charge is 0.478 e. The van der Waals surface area contributed by atoms with E-state index in [0.717, 1.165) is 6.07 Å². The number of carboxylic acids is 1. The summed E-state index contributed by atoms with van der Waals surface area (Å²) in [6.07, 6.45) is 1.05. The molecule has 1 aromatic heterocycles. The second kappa shape index (κ2) is 6.91. The zero-order valence-corrected chi connectivity index (χ0v) is 12.8. The lowest BCUT2D eigenvalue weighted by Gasteiger charge is -2.32. The number of pyridine rings is 1. The van der Waals surface area contributed by atoms with E-state index in [4.69, 9.17) is 21.4 Å². The van der Waals surface area contributed by atoms with Crippen molar-refractivity contribution in [3.63, 3.8) is 0 Å². The third-order valence-corrected chi connectivity index (χ3v) is 3.84. The van der Waals surface area contributed by atoms with Gasteiger partial charge in [-0.05, 0) is 25.8 Å². The first-order valence-electron chi connectivity index (χ1n) is 6.95. The fourth-order valence-electron chi connectivity index (χ4n) is 2.42. The van der Waals surface area contributed by atoms with Gasteiger partial charge in [0.1, 0.15) is 5.15 Å². The Morgan fingerprint density at radius 1 is 1.50 bits per heavy atom. The standard InChI is InChI=1S/C14H16ClFN2O4/c1-2-22-14(21)8-3-5-18(6-4-8)12-10(16)7-9(13(19)20)11(15)17-12/h7-8H,2-6H2,1H3,(H,19,20). The molecule has 0 atom stereocenters. The lowest BCUT2D eigenvalue weighted by Crippen LogP contribution is -2.38. The third kappa shape index (κ3) is 3.47. The predicted octanol–water partition coefficient (Wildman–Crippen LogP) is 2.35. The topological polar surface area (TPSA) is 79.7 Å². The highest BCUT2D eigenvalue weighted by Crippen LogP contribution is 2.27. The van der Waals surface area contributed by atoms with Crippen molar-refractivity contribution in [3.05, 3.63) is 22.6 Å². The maximum atomic E-state index is 14.0. The van der Waals surface area contributed by atoms with Gasteiger partial charge in [0.05, 0.1) is 18.1 Å². The molecule has 0 amide bonds. The molecule has 0 saturated carbocycles. The molecule has 0 radical (unpaired) electrons. The van der Waals surface area contributed by atoms with E-state index in [1.165, 1.54) is 0 Å². The highest BCUT2D eigenvalue weighted by Gasteiger charge is 2.28. The Morgan fingerprint density at radius 3 is 2.68 bits per heavy atom. The zero-order chi connectivity index (χ0) is 16.3. The monoisotopic (exact) mass is 330 g/mol. The van der Waals surface area contributed by atoms with Gasteiger partial charge in [0.2, 0.25) is 0 Å². The maximum absolute atomic E-state index is 14.0. The Hall–Kier alpha value is -1.89. The zero-order valence-electron chi connectivity index (χ0n) is 12.0. The summed E-state index contributed by atoms with van der Waals surface area (Å²) in [4.78, 5) is 28.0. The number of rotatable bonds is 4. The highest BCUT2D eigenvalue weighted by atomic mass is 35.5. The molecular formula is C14H16ClFN2O4. The minimum Gasteiger partial charge on any atom is -0.478 e. The summed E-state index contributed by atoms with van der Waals surface area (Å²) in [6.45, 7) is 2.94. The third-order valence-electron chi connectivity index (χ3n) is 3.56. The summed E-state index contributed by atoms with van der Waals surface area (Å²) in [5.41, 5.74) is -0.371. The average molecular weight is 331 g/mol. The molecule has 1 fully saturated rings. The van der Waals surface area contributed by atoms with E-state index in [1.807, 2.05) is 0 Å². The predicted molar refractivity (Wildman–Crippen MR) is 77.7 cm³/mol. The number of anilines is 1. The number of halogens is 2. The van der Waals surface area contributed by atoms with Crippen molar-refractivity contribution >= 4 is 29.4 Å². The Morgan fingerprint density at radius 2 is 2.14 bits per heavy atom. The maximum Gasteiger partial charge on any atom is 0.338 e. The summed E-state index contributed by atoms with van der Waals surface area (Å²) < 4.78 is 19.0. The van der Waals surface area contributed by atoms with Crippen molar-refractivity contribution in [1.82, 2.24) is 4.98 Å². The van der Waals surface area contributed by atoms with Crippen molar-refractivity contribution in [2.45, 2.75) is 19.8 Å². The number of hydrogen-bond acceptors (Lipinski definition) is 5. The molecule has 1 N–H and O–H groups in total. The Bertz CT molecular complexity index is 588. The number of carbonyl (C=O) groups is 2. The van der Waals surface area contributed by atoms with E-state index in [0.29, 0.717) is 32.5 Å². The smallest absolute Gasteiger partial charge is 0.338 e. The van der Waals surface area contributed by atoms with E-state index in [2.05, 4.69) is 4.98 Å². The summed E-state index contributed by atoms with van der Waals surface area (Å²) in [5.74, 6) is -2.50.